The number of likely N-dealkylation sites (N-methyl/N-ethyl adjacent to an activating group) is 1. The van der Waals surface area contributed by atoms with Crippen LogP contribution in [0.15, 0.2) is 58.4 Å². The Hall–Kier alpha value is -3.31. The predicted molar refractivity (Wildman–Crippen MR) is 129 cm³/mol. The maximum absolute atomic E-state index is 12.6. The number of nitro benzene ring substituents is 1. The second-order valence-electron chi connectivity index (χ2n) is 8.10. The van der Waals surface area contributed by atoms with E-state index in [4.69, 9.17) is 0 Å². The lowest BCUT2D eigenvalue weighted by molar-refractivity contribution is -0.384. The molecule has 0 unspecified atom stereocenters. The Balaban J connectivity index is 1.43. The lowest BCUT2D eigenvalue weighted by atomic mass is 10.1. The van der Waals surface area contributed by atoms with E-state index >= 15 is 0 Å². The molecule has 1 heterocycles. The summed E-state index contributed by atoms with van der Waals surface area (Å²) in [6, 6.07) is 12.9. The van der Waals surface area contributed by atoms with E-state index in [0.29, 0.717) is 13.0 Å². The topological polar surface area (TPSA) is 125 Å². The molecule has 0 aliphatic carbocycles. The molecule has 1 aliphatic rings. The minimum atomic E-state index is -3.78. The number of nitrogens with one attached hydrogen (secondary N) is 1. The Bertz CT molecular complexity index is 1150. The number of sulfonamides is 1. The summed E-state index contributed by atoms with van der Waals surface area (Å²) in [4.78, 5) is 28.7. The van der Waals surface area contributed by atoms with Crippen molar-refractivity contribution in [2.75, 3.05) is 40.3 Å². The van der Waals surface area contributed by atoms with Gasteiger partial charge in [0.1, 0.15) is 5.84 Å². The van der Waals surface area contributed by atoms with E-state index in [-0.39, 0.29) is 29.5 Å². The van der Waals surface area contributed by atoms with E-state index in [2.05, 4.69) is 10.3 Å². The summed E-state index contributed by atoms with van der Waals surface area (Å²) in [5, 5.41) is 14.0. The molecular formula is C23H29N5O5S. The van der Waals surface area contributed by atoms with Gasteiger partial charge < -0.3 is 10.2 Å². The van der Waals surface area contributed by atoms with Crippen molar-refractivity contribution in [2.24, 2.45) is 4.99 Å². The molecule has 0 aromatic heterocycles. The van der Waals surface area contributed by atoms with Crippen molar-refractivity contribution in [1.82, 2.24) is 14.5 Å². The van der Waals surface area contributed by atoms with Crippen LogP contribution in [0.3, 0.4) is 0 Å². The van der Waals surface area contributed by atoms with Gasteiger partial charge in [-0.1, -0.05) is 24.3 Å². The van der Waals surface area contributed by atoms with Gasteiger partial charge in [0, 0.05) is 57.8 Å². The molecule has 0 radical (unpaired) electrons. The molecule has 0 spiro atoms. The zero-order valence-electron chi connectivity index (χ0n) is 19.3. The molecule has 1 aliphatic heterocycles. The second kappa shape index (κ2) is 11.2. The van der Waals surface area contributed by atoms with Gasteiger partial charge >= 0.3 is 0 Å². The number of aliphatic imine (C=N–C) groups is 1. The Morgan fingerprint density at radius 2 is 1.76 bits per heavy atom. The second-order valence-corrected chi connectivity index (χ2v) is 10.1. The molecule has 1 N–H and O–H groups in total. The third-order valence-electron chi connectivity index (χ3n) is 5.68. The average Bonchev–Trinajstić information content (AvgIpc) is 3.37. The summed E-state index contributed by atoms with van der Waals surface area (Å²) < 4.78 is 26.4. The summed E-state index contributed by atoms with van der Waals surface area (Å²) in [6.07, 6.45) is 1.31. The zero-order chi connectivity index (χ0) is 24.7. The molecule has 10 nitrogen and oxygen atoms in total. The van der Waals surface area contributed by atoms with Crippen LogP contribution >= 0.6 is 0 Å². The maximum atomic E-state index is 12.6. The number of hydrogen-bond donors (Lipinski definition) is 1. The Morgan fingerprint density at radius 1 is 1.09 bits per heavy atom. The van der Waals surface area contributed by atoms with Crippen LogP contribution in [0.25, 0.3) is 0 Å². The molecule has 2 aromatic rings. The molecule has 11 heteroatoms. The molecular weight excluding hydrogens is 458 g/mol. The number of carbonyl (C=O) groups excluding carboxylic acids is 1. The molecule has 182 valence electrons. The van der Waals surface area contributed by atoms with Crippen LogP contribution < -0.4 is 5.32 Å². The minimum absolute atomic E-state index is 0.0224. The van der Waals surface area contributed by atoms with Crippen molar-refractivity contribution in [3.63, 3.8) is 0 Å². The number of amides is 1. The number of amidine groups is 1. The highest BCUT2D eigenvalue weighted by Gasteiger charge is 2.22. The van der Waals surface area contributed by atoms with Crippen molar-refractivity contribution in [3.05, 3.63) is 69.8 Å². The van der Waals surface area contributed by atoms with Crippen LogP contribution in [-0.2, 0) is 21.2 Å². The van der Waals surface area contributed by atoms with Gasteiger partial charge in [0.2, 0.25) is 15.9 Å². The number of carbonyl (C=O) groups is 1. The quantitative estimate of drug-likeness (QED) is 0.382. The van der Waals surface area contributed by atoms with Gasteiger partial charge in [-0.25, -0.2) is 12.7 Å². The maximum Gasteiger partial charge on any atom is 0.269 e. The van der Waals surface area contributed by atoms with Gasteiger partial charge in [-0.15, -0.1) is 0 Å². The summed E-state index contributed by atoms with van der Waals surface area (Å²) in [5.74, 6) is 0.863. The van der Waals surface area contributed by atoms with Crippen molar-refractivity contribution >= 4 is 27.5 Å². The molecule has 0 bridgehead atoms. The first kappa shape index (κ1) is 25.3. The molecule has 0 saturated heterocycles. The Labute approximate surface area is 199 Å². The molecule has 0 fully saturated rings. The first-order chi connectivity index (χ1) is 16.2. The van der Waals surface area contributed by atoms with Crippen LogP contribution in [0.1, 0.15) is 24.0 Å². The molecule has 1 amide bonds. The van der Waals surface area contributed by atoms with Crippen molar-refractivity contribution in [1.29, 1.82) is 0 Å². The monoisotopic (exact) mass is 487 g/mol. The van der Waals surface area contributed by atoms with E-state index in [1.807, 2.05) is 24.3 Å². The smallest absolute Gasteiger partial charge is 0.269 e. The first-order valence-electron chi connectivity index (χ1n) is 11.0. The fourth-order valence-corrected chi connectivity index (χ4v) is 4.74. The van der Waals surface area contributed by atoms with Crippen LogP contribution in [0.2, 0.25) is 0 Å². The van der Waals surface area contributed by atoms with E-state index in [1.54, 1.807) is 11.9 Å². The van der Waals surface area contributed by atoms with E-state index in [0.717, 1.165) is 52.9 Å². The largest absolute Gasteiger partial charge is 0.368 e. The standard InChI is InChI=1S/C23H29N5O5S/c1-26(17-13-18-5-7-19(8-6-18)23-24-14-15-25-23)22(29)4-3-16-27(2)34(32,33)21-11-9-20(10-12-21)28(30)31/h5-12H,3-4,13-17H2,1-2H3,(H,24,25). The zero-order valence-corrected chi connectivity index (χ0v) is 20.1. The number of nitrogens with zero attached hydrogens (tertiary/aromatic N) is 4. The lowest BCUT2D eigenvalue weighted by Crippen LogP contribution is -2.31. The predicted octanol–water partition coefficient (Wildman–Crippen LogP) is 2.05. The van der Waals surface area contributed by atoms with Gasteiger partial charge in [-0.05, 0) is 30.5 Å². The van der Waals surface area contributed by atoms with Gasteiger partial charge in [-0.3, -0.25) is 19.9 Å². The van der Waals surface area contributed by atoms with Crippen LogP contribution in [0, 0.1) is 10.1 Å². The highest BCUT2D eigenvalue weighted by molar-refractivity contribution is 7.89. The summed E-state index contributed by atoms with van der Waals surface area (Å²) in [6.45, 7) is 2.39. The van der Waals surface area contributed by atoms with Crippen molar-refractivity contribution in [2.45, 2.75) is 24.2 Å². The number of benzene rings is 2. The van der Waals surface area contributed by atoms with Gasteiger partial charge in [-0.2, -0.15) is 0 Å². The molecule has 34 heavy (non-hydrogen) atoms. The SMILES string of the molecule is CN(CCc1ccc(C2=NCCN2)cc1)C(=O)CCCN(C)S(=O)(=O)c1ccc([N+](=O)[O-])cc1. The van der Waals surface area contributed by atoms with Crippen LogP contribution in [0.5, 0.6) is 0 Å². The summed E-state index contributed by atoms with van der Waals surface area (Å²) in [7, 11) is -0.610. The van der Waals surface area contributed by atoms with E-state index in [9.17, 15) is 23.3 Å². The van der Waals surface area contributed by atoms with E-state index < -0.39 is 14.9 Å². The summed E-state index contributed by atoms with van der Waals surface area (Å²) >= 11 is 0. The number of non-ortho nitro benzene ring substituents is 1. The van der Waals surface area contributed by atoms with Gasteiger partial charge in [0.15, 0.2) is 0 Å². The molecule has 0 saturated carbocycles. The third kappa shape index (κ3) is 6.39. The Kier molecular flexibility index (Phi) is 8.35. The molecule has 2 aromatic carbocycles. The fraction of sp³-hybridized carbons (Fsp3) is 0.391. The first-order valence-corrected chi connectivity index (χ1v) is 12.4. The highest BCUT2D eigenvalue weighted by Crippen LogP contribution is 2.19. The van der Waals surface area contributed by atoms with Crippen molar-refractivity contribution < 1.29 is 18.1 Å². The van der Waals surface area contributed by atoms with E-state index in [1.165, 1.54) is 19.2 Å². The van der Waals surface area contributed by atoms with Crippen molar-refractivity contribution in [3.8, 4) is 0 Å². The van der Waals surface area contributed by atoms with Crippen LogP contribution in [-0.4, -0.2) is 74.6 Å². The summed E-state index contributed by atoms with van der Waals surface area (Å²) in [5.41, 5.74) is 2.00. The third-order valence-corrected chi connectivity index (χ3v) is 7.55. The van der Waals surface area contributed by atoms with Gasteiger partial charge in [0.25, 0.3) is 5.69 Å². The number of rotatable bonds is 11. The van der Waals surface area contributed by atoms with Gasteiger partial charge in [0.05, 0.1) is 16.4 Å². The Morgan fingerprint density at radius 3 is 2.35 bits per heavy atom. The number of hydrogen-bond acceptors (Lipinski definition) is 7. The normalized spacial score (nSPS) is 13.4. The average molecular weight is 488 g/mol. The number of nitro groups is 1. The fourth-order valence-electron chi connectivity index (χ4n) is 3.53. The molecule has 0 atom stereocenters. The van der Waals surface area contributed by atoms with Crippen LogP contribution in [0.4, 0.5) is 5.69 Å². The molecule has 3 rings (SSSR count). The highest BCUT2D eigenvalue weighted by atomic mass is 32.2. The lowest BCUT2D eigenvalue weighted by Gasteiger charge is -2.19. The minimum Gasteiger partial charge on any atom is -0.368 e.